The van der Waals surface area contributed by atoms with Crippen LogP contribution in [0.1, 0.15) is 37.8 Å². The van der Waals surface area contributed by atoms with Crippen LogP contribution < -0.4 is 0 Å². The minimum atomic E-state index is 0.160. The fraction of sp³-hybridized carbons (Fsp3) is 0.435. The van der Waals surface area contributed by atoms with Gasteiger partial charge in [-0.05, 0) is 43.0 Å². The van der Waals surface area contributed by atoms with Gasteiger partial charge in [0, 0.05) is 50.1 Å². The van der Waals surface area contributed by atoms with Crippen LogP contribution in [0.15, 0.2) is 54.6 Å². The van der Waals surface area contributed by atoms with E-state index in [4.69, 9.17) is 11.6 Å². The number of nitrogens with zero attached hydrogens (tertiary/aromatic N) is 2. The normalized spacial score (nSPS) is 20.2. The molecule has 1 amide bonds. The van der Waals surface area contributed by atoms with E-state index in [1.54, 1.807) is 6.92 Å². The lowest BCUT2D eigenvalue weighted by atomic mass is 9.88. The van der Waals surface area contributed by atoms with Crippen LogP contribution in [-0.2, 0) is 11.3 Å². The van der Waals surface area contributed by atoms with Crippen LogP contribution >= 0.6 is 11.6 Å². The molecule has 2 aromatic carbocycles. The van der Waals surface area contributed by atoms with Gasteiger partial charge < -0.3 is 4.90 Å². The number of hydrogen-bond donors (Lipinski definition) is 0. The molecule has 0 radical (unpaired) electrons. The Hall–Kier alpha value is -1.84. The molecule has 0 aliphatic carbocycles. The van der Waals surface area contributed by atoms with Crippen LogP contribution in [-0.4, -0.2) is 41.4 Å². The molecule has 1 saturated heterocycles. The average Bonchev–Trinajstić information content (AvgIpc) is 3.04. The lowest BCUT2D eigenvalue weighted by molar-refractivity contribution is -0.131. The summed E-state index contributed by atoms with van der Waals surface area (Å²) in [7, 11) is 0. The predicted molar refractivity (Wildman–Crippen MR) is 112 cm³/mol. The molecule has 1 aliphatic rings. The maximum atomic E-state index is 12.1. The van der Waals surface area contributed by atoms with E-state index in [0.717, 1.165) is 31.2 Å². The van der Waals surface area contributed by atoms with Crippen LogP contribution in [0.2, 0.25) is 5.02 Å². The third kappa shape index (κ3) is 5.12. The standard InChI is InChI=1S/C23H29ClN2O/c1-17(2)26(18(3)27)15-21-14-25(13-19-9-11-22(24)12-10-19)16-23(21)20-7-5-4-6-8-20/h4-12,17,21,23H,13-16H2,1-3H3/t21-,23-/m0/s1. The van der Waals surface area contributed by atoms with E-state index in [1.807, 2.05) is 17.0 Å². The number of carbonyl (C=O) groups is 1. The van der Waals surface area contributed by atoms with Crippen molar-refractivity contribution in [3.05, 3.63) is 70.7 Å². The summed E-state index contributed by atoms with van der Waals surface area (Å²) in [5.41, 5.74) is 2.65. The summed E-state index contributed by atoms with van der Waals surface area (Å²) in [5.74, 6) is 1.04. The summed E-state index contributed by atoms with van der Waals surface area (Å²) >= 11 is 6.02. The smallest absolute Gasteiger partial charge is 0.219 e. The van der Waals surface area contributed by atoms with E-state index in [0.29, 0.717) is 11.8 Å². The van der Waals surface area contributed by atoms with Crippen molar-refractivity contribution in [1.29, 1.82) is 0 Å². The Bertz CT molecular complexity index is 745. The molecule has 0 unspecified atom stereocenters. The molecule has 0 bridgehead atoms. The molecule has 3 rings (SSSR count). The first-order valence-corrected chi connectivity index (χ1v) is 10.1. The Balaban J connectivity index is 1.78. The molecular formula is C23H29ClN2O. The van der Waals surface area contributed by atoms with Crippen LogP contribution in [0.25, 0.3) is 0 Å². The van der Waals surface area contributed by atoms with Gasteiger partial charge in [0.1, 0.15) is 0 Å². The molecule has 1 fully saturated rings. The number of amides is 1. The summed E-state index contributed by atoms with van der Waals surface area (Å²) in [6.45, 7) is 9.61. The Morgan fingerprint density at radius 3 is 2.37 bits per heavy atom. The first kappa shape index (κ1) is 19.9. The summed E-state index contributed by atoms with van der Waals surface area (Å²) in [5, 5.41) is 0.772. The van der Waals surface area contributed by atoms with Crippen molar-refractivity contribution in [2.24, 2.45) is 5.92 Å². The summed E-state index contributed by atoms with van der Waals surface area (Å²) in [4.78, 5) is 16.6. The van der Waals surface area contributed by atoms with Crippen molar-refractivity contribution >= 4 is 17.5 Å². The van der Waals surface area contributed by atoms with E-state index >= 15 is 0 Å². The fourth-order valence-electron chi connectivity index (χ4n) is 4.16. The van der Waals surface area contributed by atoms with E-state index in [2.05, 4.69) is 61.2 Å². The van der Waals surface area contributed by atoms with E-state index in [9.17, 15) is 4.79 Å². The quantitative estimate of drug-likeness (QED) is 0.713. The van der Waals surface area contributed by atoms with Gasteiger partial charge in [-0.1, -0.05) is 54.1 Å². The Morgan fingerprint density at radius 2 is 1.78 bits per heavy atom. The van der Waals surface area contributed by atoms with Gasteiger partial charge in [-0.25, -0.2) is 0 Å². The molecule has 2 atom stereocenters. The maximum absolute atomic E-state index is 12.1. The van der Waals surface area contributed by atoms with Gasteiger partial charge in [0.05, 0.1) is 0 Å². The van der Waals surface area contributed by atoms with Gasteiger partial charge in [-0.15, -0.1) is 0 Å². The van der Waals surface area contributed by atoms with Crippen LogP contribution in [0.3, 0.4) is 0 Å². The minimum Gasteiger partial charge on any atom is -0.340 e. The highest BCUT2D eigenvalue weighted by Crippen LogP contribution is 2.34. The predicted octanol–water partition coefficient (Wildman–Crippen LogP) is 4.81. The second kappa shape index (κ2) is 8.90. The highest BCUT2D eigenvalue weighted by Gasteiger charge is 2.35. The molecule has 1 aliphatic heterocycles. The zero-order valence-electron chi connectivity index (χ0n) is 16.4. The fourth-order valence-corrected chi connectivity index (χ4v) is 4.28. The van der Waals surface area contributed by atoms with Gasteiger partial charge in [-0.2, -0.15) is 0 Å². The van der Waals surface area contributed by atoms with Crippen molar-refractivity contribution < 1.29 is 4.79 Å². The Morgan fingerprint density at radius 1 is 1.11 bits per heavy atom. The second-order valence-electron chi connectivity index (χ2n) is 7.86. The molecule has 0 spiro atoms. The molecular weight excluding hydrogens is 356 g/mol. The monoisotopic (exact) mass is 384 g/mol. The number of halogens is 1. The summed E-state index contributed by atoms with van der Waals surface area (Å²) in [6, 6.07) is 19.1. The highest BCUT2D eigenvalue weighted by molar-refractivity contribution is 6.30. The zero-order valence-corrected chi connectivity index (χ0v) is 17.2. The Labute approximate surface area is 167 Å². The van der Waals surface area contributed by atoms with Gasteiger partial charge in [0.15, 0.2) is 0 Å². The Kier molecular flexibility index (Phi) is 6.56. The largest absolute Gasteiger partial charge is 0.340 e. The lowest BCUT2D eigenvalue weighted by Crippen LogP contribution is -2.40. The van der Waals surface area contributed by atoms with Crippen molar-refractivity contribution in [1.82, 2.24) is 9.80 Å². The maximum Gasteiger partial charge on any atom is 0.219 e. The summed E-state index contributed by atoms with van der Waals surface area (Å²) < 4.78 is 0. The van der Waals surface area contributed by atoms with E-state index in [1.165, 1.54) is 11.1 Å². The SMILES string of the molecule is CC(=O)N(C[C@@H]1CN(Cc2ccc(Cl)cc2)C[C@H]1c1ccccc1)C(C)C. The summed E-state index contributed by atoms with van der Waals surface area (Å²) in [6.07, 6.45) is 0. The van der Waals surface area contributed by atoms with Crippen molar-refractivity contribution in [3.8, 4) is 0 Å². The first-order valence-electron chi connectivity index (χ1n) is 9.73. The number of carbonyl (C=O) groups excluding carboxylic acids is 1. The number of rotatable bonds is 6. The third-order valence-corrected chi connectivity index (χ3v) is 5.77. The van der Waals surface area contributed by atoms with Crippen molar-refractivity contribution in [2.45, 2.75) is 39.3 Å². The molecule has 0 N–H and O–H groups in total. The average molecular weight is 385 g/mol. The van der Waals surface area contributed by atoms with Crippen LogP contribution in [0.5, 0.6) is 0 Å². The number of hydrogen-bond acceptors (Lipinski definition) is 2. The van der Waals surface area contributed by atoms with Crippen molar-refractivity contribution in [2.75, 3.05) is 19.6 Å². The zero-order chi connectivity index (χ0) is 19.4. The molecule has 2 aromatic rings. The lowest BCUT2D eigenvalue weighted by Gasteiger charge is -2.30. The van der Waals surface area contributed by atoms with Gasteiger partial charge >= 0.3 is 0 Å². The number of likely N-dealkylation sites (tertiary alicyclic amines) is 1. The second-order valence-corrected chi connectivity index (χ2v) is 8.30. The van der Waals surface area contributed by atoms with E-state index in [-0.39, 0.29) is 11.9 Å². The molecule has 1 heterocycles. The van der Waals surface area contributed by atoms with Crippen LogP contribution in [0.4, 0.5) is 0 Å². The van der Waals surface area contributed by atoms with Gasteiger partial charge in [0.2, 0.25) is 5.91 Å². The molecule has 4 heteroatoms. The number of benzene rings is 2. The molecule has 144 valence electrons. The molecule has 27 heavy (non-hydrogen) atoms. The first-order chi connectivity index (χ1) is 12.9. The van der Waals surface area contributed by atoms with Gasteiger partial charge in [0.25, 0.3) is 0 Å². The van der Waals surface area contributed by atoms with E-state index < -0.39 is 0 Å². The molecule has 0 aromatic heterocycles. The van der Waals surface area contributed by atoms with Gasteiger partial charge in [-0.3, -0.25) is 9.69 Å². The minimum absolute atomic E-state index is 0.160. The highest BCUT2D eigenvalue weighted by atomic mass is 35.5. The third-order valence-electron chi connectivity index (χ3n) is 5.52. The molecule has 0 saturated carbocycles. The molecule has 3 nitrogen and oxygen atoms in total. The van der Waals surface area contributed by atoms with Crippen LogP contribution in [0, 0.1) is 5.92 Å². The topological polar surface area (TPSA) is 23.6 Å². The van der Waals surface area contributed by atoms with Crippen molar-refractivity contribution in [3.63, 3.8) is 0 Å².